The fourth-order valence-corrected chi connectivity index (χ4v) is 6.42. The molecule has 162 valence electrons. The maximum atomic E-state index is 13.2. The Morgan fingerprint density at radius 2 is 1.61 bits per heavy atom. The van der Waals surface area contributed by atoms with Gasteiger partial charge in [0.15, 0.2) is 0 Å². The first-order chi connectivity index (χ1) is 15.0. The summed E-state index contributed by atoms with van der Waals surface area (Å²) in [5.41, 5.74) is 2.16. The van der Waals surface area contributed by atoms with Gasteiger partial charge in [0, 0.05) is 17.8 Å². The predicted octanol–water partition coefficient (Wildman–Crippen LogP) is 4.78. The first kappa shape index (κ1) is 20.1. The van der Waals surface area contributed by atoms with E-state index in [9.17, 15) is 9.59 Å². The largest absolute Gasteiger partial charge is 0.497 e. The zero-order valence-corrected chi connectivity index (χ0v) is 18.0. The van der Waals surface area contributed by atoms with Gasteiger partial charge in [-0.25, -0.2) is 0 Å². The maximum Gasteiger partial charge on any atom is 0.251 e. The van der Waals surface area contributed by atoms with Gasteiger partial charge in [0.2, 0.25) is 5.91 Å². The van der Waals surface area contributed by atoms with Crippen LogP contribution in [0.3, 0.4) is 0 Å². The van der Waals surface area contributed by atoms with Crippen molar-refractivity contribution in [3.63, 3.8) is 0 Å². The normalized spacial score (nSPS) is 28.2. The number of anilines is 1. The summed E-state index contributed by atoms with van der Waals surface area (Å²) in [4.78, 5) is 25.7. The van der Waals surface area contributed by atoms with Crippen molar-refractivity contribution in [2.24, 2.45) is 23.2 Å². The highest BCUT2D eigenvalue weighted by Crippen LogP contribution is 2.60. The molecule has 4 fully saturated rings. The van der Waals surface area contributed by atoms with Crippen LogP contribution in [0, 0.1) is 23.2 Å². The van der Waals surface area contributed by atoms with Gasteiger partial charge in [-0.1, -0.05) is 12.1 Å². The maximum absolute atomic E-state index is 13.2. The summed E-state index contributed by atoms with van der Waals surface area (Å²) in [5.74, 6) is 3.04. The standard InChI is InChI=1S/C26H30N2O3/c1-31-23-4-2-3-17(12-23)16-27-24(29)21-5-7-22(8-6-21)28-25(30)26-13-18-9-19(14-26)11-20(10-18)15-26/h2-8,12,18-20H,9-11,13-16H2,1H3,(H,27,29)(H,28,30). The summed E-state index contributed by atoms with van der Waals surface area (Å²) in [6.07, 6.45) is 7.13. The van der Waals surface area contributed by atoms with E-state index in [1.165, 1.54) is 19.3 Å². The van der Waals surface area contributed by atoms with Crippen LogP contribution in [0.4, 0.5) is 5.69 Å². The third kappa shape index (κ3) is 4.06. The molecule has 5 nitrogen and oxygen atoms in total. The molecule has 0 saturated heterocycles. The Morgan fingerprint density at radius 3 is 2.23 bits per heavy atom. The van der Waals surface area contributed by atoms with Crippen molar-refractivity contribution >= 4 is 17.5 Å². The minimum Gasteiger partial charge on any atom is -0.497 e. The molecule has 4 aliphatic carbocycles. The molecule has 0 unspecified atom stereocenters. The van der Waals surface area contributed by atoms with Gasteiger partial charge in [-0.3, -0.25) is 9.59 Å². The molecule has 0 radical (unpaired) electrons. The lowest BCUT2D eigenvalue weighted by Gasteiger charge is -2.55. The van der Waals surface area contributed by atoms with Crippen molar-refractivity contribution in [2.45, 2.75) is 45.1 Å². The van der Waals surface area contributed by atoms with E-state index in [1.807, 2.05) is 36.4 Å². The summed E-state index contributed by atoms with van der Waals surface area (Å²) in [5, 5.41) is 6.09. The minimum atomic E-state index is -0.165. The number of carbonyl (C=O) groups is 2. The highest BCUT2D eigenvalue weighted by molar-refractivity contribution is 5.97. The van der Waals surface area contributed by atoms with E-state index in [2.05, 4.69) is 10.6 Å². The Morgan fingerprint density at radius 1 is 0.968 bits per heavy atom. The summed E-state index contributed by atoms with van der Waals surface area (Å²) in [7, 11) is 1.63. The molecule has 4 saturated carbocycles. The van der Waals surface area contributed by atoms with Gasteiger partial charge in [-0.05, 0) is 98.2 Å². The van der Waals surface area contributed by atoms with Crippen LogP contribution in [0.15, 0.2) is 48.5 Å². The molecule has 0 heterocycles. The van der Waals surface area contributed by atoms with Gasteiger partial charge in [0.1, 0.15) is 5.75 Å². The summed E-state index contributed by atoms with van der Waals surface area (Å²) in [6, 6.07) is 14.8. The molecule has 0 atom stereocenters. The molecule has 4 bridgehead atoms. The second kappa shape index (κ2) is 8.03. The fourth-order valence-electron chi connectivity index (χ4n) is 6.42. The van der Waals surface area contributed by atoms with E-state index in [-0.39, 0.29) is 17.2 Å². The van der Waals surface area contributed by atoms with Crippen molar-refractivity contribution < 1.29 is 14.3 Å². The van der Waals surface area contributed by atoms with E-state index < -0.39 is 0 Å². The molecule has 31 heavy (non-hydrogen) atoms. The number of ether oxygens (including phenoxy) is 1. The molecule has 0 spiro atoms. The van der Waals surface area contributed by atoms with E-state index in [0.717, 1.165) is 54.0 Å². The Kier molecular flexibility index (Phi) is 5.20. The number of rotatable bonds is 6. The number of amides is 2. The van der Waals surface area contributed by atoms with Gasteiger partial charge >= 0.3 is 0 Å². The summed E-state index contributed by atoms with van der Waals surface area (Å²) in [6.45, 7) is 0.431. The topological polar surface area (TPSA) is 67.4 Å². The number of carbonyl (C=O) groups excluding carboxylic acids is 2. The Hall–Kier alpha value is -2.82. The molecule has 6 rings (SSSR count). The van der Waals surface area contributed by atoms with Gasteiger partial charge in [-0.15, -0.1) is 0 Å². The van der Waals surface area contributed by atoms with E-state index >= 15 is 0 Å². The Labute approximate surface area is 183 Å². The molecule has 4 aliphatic rings. The van der Waals surface area contributed by atoms with Crippen LogP contribution in [0.2, 0.25) is 0 Å². The van der Waals surface area contributed by atoms with Crippen molar-refractivity contribution in [3.05, 3.63) is 59.7 Å². The smallest absolute Gasteiger partial charge is 0.251 e. The lowest BCUT2D eigenvalue weighted by Crippen LogP contribution is -2.51. The van der Waals surface area contributed by atoms with Crippen LogP contribution < -0.4 is 15.4 Å². The summed E-state index contributed by atoms with van der Waals surface area (Å²) >= 11 is 0. The third-order valence-electron chi connectivity index (χ3n) is 7.51. The van der Waals surface area contributed by atoms with Crippen molar-refractivity contribution in [2.75, 3.05) is 12.4 Å². The van der Waals surface area contributed by atoms with Gasteiger partial charge in [-0.2, -0.15) is 0 Å². The average molecular weight is 419 g/mol. The van der Waals surface area contributed by atoms with Gasteiger partial charge in [0.25, 0.3) is 5.91 Å². The third-order valence-corrected chi connectivity index (χ3v) is 7.51. The van der Waals surface area contributed by atoms with Crippen molar-refractivity contribution in [3.8, 4) is 5.75 Å². The van der Waals surface area contributed by atoms with Crippen LogP contribution >= 0.6 is 0 Å². The fraction of sp³-hybridized carbons (Fsp3) is 0.462. The van der Waals surface area contributed by atoms with E-state index in [4.69, 9.17) is 4.74 Å². The van der Waals surface area contributed by atoms with Crippen LogP contribution in [0.1, 0.15) is 54.4 Å². The monoisotopic (exact) mass is 418 g/mol. The zero-order valence-electron chi connectivity index (χ0n) is 18.0. The SMILES string of the molecule is COc1cccc(CNC(=O)c2ccc(NC(=O)C34CC5CC(CC(C5)C3)C4)cc2)c1. The van der Waals surface area contributed by atoms with Gasteiger partial charge in [0.05, 0.1) is 12.5 Å². The Bertz CT molecular complexity index is 947. The van der Waals surface area contributed by atoms with E-state index in [1.54, 1.807) is 19.2 Å². The first-order valence-corrected chi connectivity index (χ1v) is 11.4. The first-order valence-electron chi connectivity index (χ1n) is 11.4. The molecular formula is C26H30N2O3. The number of hydrogen-bond acceptors (Lipinski definition) is 3. The average Bonchev–Trinajstić information content (AvgIpc) is 2.77. The van der Waals surface area contributed by atoms with Crippen molar-refractivity contribution in [1.29, 1.82) is 0 Å². The van der Waals surface area contributed by atoms with Crippen LogP contribution in [0.5, 0.6) is 5.75 Å². The number of hydrogen-bond donors (Lipinski definition) is 2. The highest BCUT2D eigenvalue weighted by atomic mass is 16.5. The Balaban J connectivity index is 1.19. The zero-order chi connectivity index (χ0) is 21.4. The molecule has 5 heteroatoms. The van der Waals surface area contributed by atoms with Gasteiger partial charge < -0.3 is 15.4 Å². The molecule has 2 amide bonds. The molecule has 2 aromatic rings. The quantitative estimate of drug-likeness (QED) is 0.709. The molecule has 0 aromatic heterocycles. The molecule has 0 aliphatic heterocycles. The summed E-state index contributed by atoms with van der Waals surface area (Å²) < 4.78 is 5.22. The molecule has 2 aromatic carbocycles. The number of methoxy groups -OCH3 is 1. The number of nitrogens with one attached hydrogen (secondary N) is 2. The second-order valence-electron chi connectivity index (χ2n) is 9.76. The second-order valence-corrected chi connectivity index (χ2v) is 9.76. The van der Waals surface area contributed by atoms with E-state index in [0.29, 0.717) is 12.1 Å². The highest BCUT2D eigenvalue weighted by Gasteiger charge is 2.54. The van der Waals surface area contributed by atoms with Crippen LogP contribution in [0.25, 0.3) is 0 Å². The molecule has 2 N–H and O–H groups in total. The van der Waals surface area contributed by atoms with Crippen LogP contribution in [-0.2, 0) is 11.3 Å². The molecular weight excluding hydrogens is 388 g/mol. The van der Waals surface area contributed by atoms with Crippen LogP contribution in [-0.4, -0.2) is 18.9 Å². The lowest BCUT2D eigenvalue weighted by molar-refractivity contribution is -0.140. The lowest BCUT2D eigenvalue weighted by atomic mass is 9.49. The van der Waals surface area contributed by atoms with Crippen molar-refractivity contribution in [1.82, 2.24) is 5.32 Å². The predicted molar refractivity (Wildman–Crippen MR) is 120 cm³/mol. The number of benzene rings is 2. The minimum absolute atomic E-state index is 0.137.